The standard InChI is InChI=1S/C18H19N5O3/c1-12-17(14-8-10-19-11-9-14)21-22-18(12)20-16(24)7-6-13-4-2-3-5-15(13)23(25)26/h2-12,17-18,21-22H,1H3,(H,20,24)/b7-6+. The number of amides is 1. The maximum Gasteiger partial charge on any atom is 0.276 e. The Morgan fingerprint density at radius 3 is 2.69 bits per heavy atom. The van der Waals surface area contributed by atoms with Gasteiger partial charge in [-0.25, -0.2) is 10.9 Å². The summed E-state index contributed by atoms with van der Waals surface area (Å²) in [5.74, 6) is -0.231. The van der Waals surface area contributed by atoms with Gasteiger partial charge in [0.1, 0.15) is 0 Å². The van der Waals surface area contributed by atoms with Gasteiger partial charge in [0.15, 0.2) is 0 Å². The molecule has 0 bridgehead atoms. The van der Waals surface area contributed by atoms with Crippen LogP contribution in [0.3, 0.4) is 0 Å². The van der Waals surface area contributed by atoms with Crippen molar-refractivity contribution in [1.82, 2.24) is 21.2 Å². The molecule has 0 radical (unpaired) electrons. The van der Waals surface area contributed by atoms with Crippen LogP contribution in [0.5, 0.6) is 0 Å². The summed E-state index contributed by atoms with van der Waals surface area (Å²) < 4.78 is 0. The van der Waals surface area contributed by atoms with Crippen LogP contribution in [-0.2, 0) is 4.79 Å². The number of rotatable bonds is 5. The molecule has 3 rings (SSSR count). The van der Waals surface area contributed by atoms with Crippen molar-refractivity contribution in [3.63, 3.8) is 0 Å². The van der Waals surface area contributed by atoms with Gasteiger partial charge >= 0.3 is 0 Å². The van der Waals surface area contributed by atoms with Crippen molar-refractivity contribution in [2.24, 2.45) is 5.92 Å². The summed E-state index contributed by atoms with van der Waals surface area (Å²) in [7, 11) is 0. The molecule has 134 valence electrons. The summed E-state index contributed by atoms with van der Waals surface area (Å²) in [6, 6.07) is 10.2. The van der Waals surface area contributed by atoms with Crippen LogP contribution in [-0.4, -0.2) is 22.0 Å². The second kappa shape index (κ2) is 7.85. The number of benzene rings is 1. The SMILES string of the molecule is CC1C(NC(=O)/C=C/c2ccccc2[N+](=O)[O-])NNC1c1ccncc1. The Labute approximate surface area is 150 Å². The van der Waals surface area contributed by atoms with Crippen molar-refractivity contribution in [3.8, 4) is 0 Å². The molecular weight excluding hydrogens is 334 g/mol. The zero-order chi connectivity index (χ0) is 18.5. The van der Waals surface area contributed by atoms with E-state index in [0.717, 1.165) is 5.56 Å². The Morgan fingerprint density at radius 1 is 1.23 bits per heavy atom. The number of para-hydroxylation sites is 1. The topological polar surface area (TPSA) is 109 Å². The Morgan fingerprint density at radius 2 is 1.96 bits per heavy atom. The van der Waals surface area contributed by atoms with E-state index in [4.69, 9.17) is 0 Å². The van der Waals surface area contributed by atoms with Crippen LogP contribution in [0.25, 0.3) is 6.08 Å². The number of nitrogens with one attached hydrogen (secondary N) is 3. The molecule has 1 saturated heterocycles. The number of hydrogen-bond donors (Lipinski definition) is 3. The van der Waals surface area contributed by atoms with Gasteiger partial charge in [-0.15, -0.1) is 0 Å². The van der Waals surface area contributed by atoms with E-state index in [0.29, 0.717) is 5.56 Å². The fraction of sp³-hybridized carbons (Fsp3) is 0.222. The lowest BCUT2D eigenvalue weighted by Gasteiger charge is -2.19. The molecule has 26 heavy (non-hydrogen) atoms. The molecule has 2 heterocycles. The van der Waals surface area contributed by atoms with Crippen LogP contribution < -0.4 is 16.2 Å². The molecule has 3 N–H and O–H groups in total. The number of carbonyl (C=O) groups is 1. The van der Waals surface area contributed by atoms with Crippen molar-refractivity contribution in [3.05, 3.63) is 76.1 Å². The number of hydrogen-bond acceptors (Lipinski definition) is 6. The molecule has 1 aliphatic heterocycles. The number of hydrazine groups is 1. The minimum absolute atomic E-state index is 0.0386. The number of nitro groups is 1. The Kier molecular flexibility index (Phi) is 5.35. The van der Waals surface area contributed by atoms with Gasteiger partial charge in [0.2, 0.25) is 5.91 Å². The summed E-state index contributed by atoms with van der Waals surface area (Å²) in [4.78, 5) is 26.7. The fourth-order valence-electron chi connectivity index (χ4n) is 2.92. The van der Waals surface area contributed by atoms with Gasteiger partial charge in [0.05, 0.1) is 22.7 Å². The maximum absolute atomic E-state index is 12.2. The second-order valence-corrected chi connectivity index (χ2v) is 6.04. The van der Waals surface area contributed by atoms with Gasteiger partial charge in [-0.1, -0.05) is 19.1 Å². The van der Waals surface area contributed by atoms with Crippen molar-refractivity contribution >= 4 is 17.7 Å². The number of nitrogens with zero attached hydrogens (tertiary/aromatic N) is 2. The lowest BCUT2D eigenvalue weighted by Crippen LogP contribution is -2.45. The zero-order valence-electron chi connectivity index (χ0n) is 14.1. The van der Waals surface area contributed by atoms with Gasteiger partial charge in [-0.2, -0.15) is 0 Å². The van der Waals surface area contributed by atoms with Crippen molar-refractivity contribution < 1.29 is 9.72 Å². The highest BCUT2D eigenvalue weighted by Crippen LogP contribution is 2.26. The first kappa shape index (κ1) is 17.7. The fourth-order valence-corrected chi connectivity index (χ4v) is 2.92. The molecule has 1 aromatic carbocycles. The molecule has 2 aromatic rings. The third-order valence-electron chi connectivity index (χ3n) is 4.36. The molecule has 1 aromatic heterocycles. The van der Waals surface area contributed by atoms with Crippen LogP contribution in [0.1, 0.15) is 24.1 Å². The number of pyridine rings is 1. The predicted molar refractivity (Wildman–Crippen MR) is 96.5 cm³/mol. The normalized spacial score (nSPS) is 22.4. The van der Waals surface area contributed by atoms with Crippen LogP contribution in [0.4, 0.5) is 5.69 Å². The molecule has 8 heteroatoms. The summed E-state index contributed by atoms with van der Waals surface area (Å²) in [5.41, 5.74) is 7.66. The van der Waals surface area contributed by atoms with Crippen LogP contribution >= 0.6 is 0 Å². The molecular formula is C18H19N5O3. The van der Waals surface area contributed by atoms with Crippen LogP contribution in [0.15, 0.2) is 54.9 Å². The van der Waals surface area contributed by atoms with Crippen LogP contribution in [0.2, 0.25) is 0 Å². The van der Waals surface area contributed by atoms with E-state index < -0.39 is 4.92 Å². The first-order valence-corrected chi connectivity index (χ1v) is 8.19. The molecule has 8 nitrogen and oxygen atoms in total. The van der Waals surface area contributed by atoms with Crippen molar-refractivity contribution in [1.29, 1.82) is 0 Å². The maximum atomic E-state index is 12.2. The summed E-state index contributed by atoms with van der Waals surface area (Å²) >= 11 is 0. The quantitative estimate of drug-likeness (QED) is 0.430. The molecule has 3 unspecified atom stereocenters. The Hall–Kier alpha value is -3.10. The molecule has 3 atom stereocenters. The molecule has 1 aliphatic rings. The van der Waals surface area contributed by atoms with Gasteiger partial charge in [0.25, 0.3) is 5.69 Å². The Bertz CT molecular complexity index is 825. The van der Waals surface area contributed by atoms with E-state index in [1.807, 2.05) is 19.1 Å². The van der Waals surface area contributed by atoms with E-state index >= 15 is 0 Å². The number of nitro benzene ring substituents is 1. The zero-order valence-corrected chi connectivity index (χ0v) is 14.1. The first-order chi connectivity index (χ1) is 12.6. The largest absolute Gasteiger partial charge is 0.336 e. The highest BCUT2D eigenvalue weighted by Gasteiger charge is 2.33. The monoisotopic (exact) mass is 353 g/mol. The average molecular weight is 353 g/mol. The van der Waals surface area contributed by atoms with Crippen molar-refractivity contribution in [2.45, 2.75) is 19.1 Å². The second-order valence-electron chi connectivity index (χ2n) is 6.04. The minimum atomic E-state index is -0.471. The third-order valence-corrected chi connectivity index (χ3v) is 4.36. The summed E-state index contributed by atoms with van der Waals surface area (Å²) in [6.45, 7) is 2.02. The smallest absolute Gasteiger partial charge is 0.276 e. The van der Waals surface area contributed by atoms with E-state index in [9.17, 15) is 14.9 Å². The predicted octanol–water partition coefficient (Wildman–Crippen LogP) is 1.93. The summed E-state index contributed by atoms with van der Waals surface area (Å²) in [5, 5.41) is 13.9. The van der Waals surface area contributed by atoms with Gasteiger partial charge in [-0.05, 0) is 29.8 Å². The molecule has 1 fully saturated rings. The van der Waals surface area contributed by atoms with E-state index in [1.54, 1.807) is 30.6 Å². The van der Waals surface area contributed by atoms with Gasteiger partial charge < -0.3 is 5.32 Å². The minimum Gasteiger partial charge on any atom is -0.336 e. The van der Waals surface area contributed by atoms with Gasteiger partial charge in [-0.3, -0.25) is 19.9 Å². The molecule has 1 amide bonds. The highest BCUT2D eigenvalue weighted by molar-refractivity contribution is 5.92. The van der Waals surface area contributed by atoms with E-state index in [1.165, 1.54) is 18.2 Å². The van der Waals surface area contributed by atoms with E-state index in [2.05, 4.69) is 21.2 Å². The first-order valence-electron chi connectivity index (χ1n) is 8.19. The van der Waals surface area contributed by atoms with Crippen LogP contribution in [0, 0.1) is 16.0 Å². The van der Waals surface area contributed by atoms with Crippen molar-refractivity contribution in [2.75, 3.05) is 0 Å². The van der Waals surface area contributed by atoms with E-state index in [-0.39, 0.29) is 29.7 Å². The summed E-state index contributed by atoms with van der Waals surface area (Å²) in [6.07, 6.45) is 5.93. The Balaban J connectivity index is 1.63. The molecule has 0 spiro atoms. The third kappa shape index (κ3) is 3.93. The average Bonchev–Trinajstić information content (AvgIpc) is 3.01. The van der Waals surface area contributed by atoms with Gasteiger partial charge in [0, 0.05) is 30.5 Å². The molecule has 0 aliphatic carbocycles. The highest BCUT2D eigenvalue weighted by atomic mass is 16.6. The number of carbonyl (C=O) groups excluding carboxylic acids is 1. The molecule has 0 saturated carbocycles. The lowest BCUT2D eigenvalue weighted by atomic mass is 9.95. The lowest BCUT2D eigenvalue weighted by molar-refractivity contribution is -0.385. The number of aromatic nitrogens is 1.